The Morgan fingerprint density at radius 1 is 1.20 bits per heavy atom. The first-order chi connectivity index (χ1) is 14.3. The van der Waals surface area contributed by atoms with E-state index in [-0.39, 0.29) is 6.04 Å². The fraction of sp³-hybridized carbons (Fsp3) is 0.909. The van der Waals surface area contributed by atoms with E-state index < -0.39 is 11.7 Å². The standard InChI is InChI=1S/C22H44N4O4/c1-6-7-9-19(16-25-21(27)30-22(2,3)4)26-20(23-5)24-12-8-13-29-17-18-10-14-28-15-11-18/h18-19H,6-17H2,1-5H3,(H,25,27)(H2,23,24,26). The Bertz CT molecular complexity index is 488. The number of nitrogens with zero attached hydrogens (tertiary/aromatic N) is 1. The molecule has 3 N–H and O–H groups in total. The highest BCUT2D eigenvalue weighted by molar-refractivity contribution is 5.80. The minimum Gasteiger partial charge on any atom is -0.444 e. The molecule has 1 unspecified atom stereocenters. The molecule has 0 radical (unpaired) electrons. The molecule has 1 atom stereocenters. The summed E-state index contributed by atoms with van der Waals surface area (Å²) >= 11 is 0. The molecule has 176 valence electrons. The van der Waals surface area contributed by atoms with Crippen molar-refractivity contribution in [2.45, 2.75) is 77.9 Å². The van der Waals surface area contributed by atoms with E-state index in [0.717, 1.165) is 77.5 Å². The Morgan fingerprint density at radius 2 is 1.93 bits per heavy atom. The van der Waals surface area contributed by atoms with Crippen molar-refractivity contribution in [3.63, 3.8) is 0 Å². The van der Waals surface area contributed by atoms with Gasteiger partial charge in [0.2, 0.25) is 0 Å². The molecule has 1 amide bonds. The quantitative estimate of drug-likeness (QED) is 0.251. The average molecular weight is 429 g/mol. The van der Waals surface area contributed by atoms with E-state index in [2.05, 4.69) is 27.9 Å². The molecule has 0 spiro atoms. The SMILES string of the molecule is CCCCC(CNC(=O)OC(C)(C)C)NC(=NC)NCCCOCC1CCOCC1. The van der Waals surface area contributed by atoms with Crippen LogP contribution in [0.3, 0.4) is 0 Å². The molecule has 1 aliphatic heterocycles. The van der Waals surface area contributed by atoms with Crippen LogP contribution < -0.4 is 16.0 Å². The number of alkyl carbamates (subject to hydrolysis) is 1. The normalized spacial score (nSPS) is 16.8. The lowest BCUT2D eigenvalue weighted by Gasteiger charge is -2.24. The molecule has 1 saturated heterocycles. The highest BCUT2D eigenvalue weighted by atomic mass is 16.6. The van der Waals surface area contributed by atoms with E-state index in [4.69, 9.17) is 14.2 Å². The van der Waals surface area contributed by atoms with Gasteiger partial charge in [0.05, 0.1) is 0 Å². The maximum atomic E-state index is 12.0. The van der Waals surface area contributed by atoms with Crippen molar-refractivity contribution in [3.05, 3.63) is 0 Å². The molecule has 0 aromatic heterocycles. The van der Waals surface area contributed by atoms with Gasteiger partial charge in [-0.05, 0) is 52.4 Å². The van der Waals surface area contributed by atoms with Crippen molar-refractivity contribution in [1.82, 2.24) is 16.0 Å². The van der Waals surface area contributed by atoms with Crippen molar-refractivity contribution >= 4 is 12.1 Å². The lowest BCUT2D eigenvalue weighted by Crippen LogP contribution is -2.49. The number of ether oxygens (including phenoxy) is 3. The van der Waals surface area contributed by atoms with Crippen LogP contribution in [-0.4, -0.2) is 70.3 Å². The van der Waals surface area contributed by atoms with Crippen LogP contribution in [0.25, 0.3) is 0 Å². The minimum absolute atomic E-state index is 0.0911. The van der Waals surface area contributed by atoms with Gasteiger partial charge in [0.15, 0.2) is 5.96 Å². The van der Waals surface area contributed by atoms with Crippen LogP contribution in [0.5, 0.6) is 0 Å². The second-order valence-corrected chi connectivity index (χ2v) is 8.85. The molecule has 1 aliphatic rings. The molecule has 8 nitrogen and oxygen atoms in total. The Balaban J connectivity index is 2.27. The molecule has 1 rings (SSSR count). The third-order valence-electron chi connectivity index (χ3n) is 4.81. The van der Waals surface area contributed by atoms with Gasteiger partial charge in [0.25, 0.3) is 0 Å². The molecule has 1 fully saturated rings. The summed E-state index contributed by atoms with van der Waals surface area (Å²) in [6, 6.07) is 0.0911. The molecule has 1 heterocycles. The number of hydrogen-bond acceptors (Lipinski definition) is 5. The van der Waals surface area contributed by atoms with Crippen LogP contribution >= 0.6 is 0 Å². The van der Waals surface area contributed by atoms with Gasteiger partial charge in [0.1, 0.15) is 5.60 Å². The van der Waals surface area contributed by atoms with E-state index in [0.29, 0.717) is 12.5 Å². The number of carbonyl (C=O) groups is 1. The van der Waals surface area contributed by atoms with E-state index in [1.54, 1.807) is 7.05 Å². The molecule has 8 heteroatoms. The number of amides is 1. The van der Waals surface area contributed by atoms with Crippen molar-refractivity contribution in [2.24, 2.45) is 10.9 Å². The topological polar surface area (TPSA) is 93.2 Å². The Labute approximate surface area is 182 Å². The number of carbonyl (C=O) groups excluding carboxylic acids is 1. The largest absolute Gasteiger partial charge is 0.444 e. The van der Waals surface area contributed by atoms with Gasteiger partial charge in [-0.15, -0.1) is 0 Å². The van der Waals surface area contributed by atoms with Gasteiger partial charge in [-0.25, -0.2) is 4.79 Å². The Morgan fingerprint density at radius 3 is 2.57 bits per heavy atom. The molecule has 0 aliphatic carbocycles. The highest BCUT2D eigenvalue weighted by Gasteiger charge is 2.18. The third kappa shape index (κ3) is 13.6. The van der Waals surface area contributed by atoms with Crippen LogP contribution in [0.4, 0.5) is 4.79 Å². The monoisotopic (exact) mass is 428 g/mol. The molecule has 0 saturated carbocycles. The lowest BCUT2D eigenvalue weighted by atomic mass is 10.0. The first kappa shape index (κ1) is 26.5. The summed E-state index contributed by atoms with van der Waals surface area (Å²) < 4.78 is 16.5. The average Bonchev–Trinajstić information content (AvgIpc) is 2.70. The second kappa shape index (κ2) is 15.3. The number of aliphatic imine (C=N–C) groups is 1. The first-order valence-electron chi connectivity index (χ1n) is 11.4. The van der Waals surface area contributed by atoms with Crippen LogP contribution in [0.2, 0.25) is 0 Å². The number of hydrogen-bond donors (Lipinski definition) is 3. The summed E-state index contributed by atoms with van der Waals surface area (Å²) in [4.78, 5) is 16.3. The van der Waals surface area contributed by atoms with Gasteiger partial charge in [-0.3, -0.25) is 4.99 Å². The Hall–Kier alpha value is -1.54. The van der Waals surface area contributed by atoms with Crippen molar-refractivity contribution in [3.8, 4) is 0 Å². The maximum absolute atomic E-state index is 12.0. The van der Waals surface area contributed by atoms with Gasteiger partial charge in [-0.2, -0.15) is 0 Å². The maximum Gasteiger partial charge on any atom is 0.407 e. The van der Waals surface area contributed by atoms with Crippen LogP contribution in [0, 0.1) is 5.92 Å². The highest BCUT2D eigenvalue weighted by Crippen LogP contribution is 2.14. The van der Waals surface area contributed by atoms with E-state index >= 15 is 0 Å². The van der Waals surface area contributed by atoms with Crippen molar-refractivity contribution in [1.29, 1.82) is 0 Å². The number of nitrogens with one attached hydrogen (secondary N) is 3. The zero-order valence-corrected chi connectivity index (χ0v) is 19.7. The van der Waals surface area contributed by atoms with Crippen LogP contribution in [0.15, 0.2) is 4.99 Å². The molecule has 0 bridgehead atoms. The molecular formula is C22H44N4O4. The summed E-state index contributed by atoms with van der Waals surface area (Å²) in [6.07, 6.45) is 5.85. The summed E-state index contributed by atoms with van der Waals surface area (Å²) in [7, 11) is 1.76. The van der Waals surface area contributed by atoms with Gasteiger partial charge >= 0.3 is 6.09 Å². The molecular weight excluding hydrogens is 384 g/mol. The van der Waals surface area contributed by atoms with Crippen molar-refractivity contribution in [2.75, 3.05) is 46.6 Å². The van der Waals surface area contributed by atoms with Gasteiger partial charge in [-0.1, -0.05) is 19.8 Å². The van der Waals surface area contributed by atoms with Crippen molar-refractivity contribution < 1.29 is 19.0 Å². The molecule has 0 aromatic carbocycles. The summed E-state index contributed by atoms with van der Waals surface area (Å²) in [6.45, 7) is 12.3. The fourth-order valence-corrected chi connectivity index (χ4v) is 3.13. The predicted molar refractivity (Wildman–Crippen MR) is 121 cm³/mol. The van der Waals surface area contributed by atoms with Crippen LogP contribution in [-0.2, 0) is 14.2 Å². The second-order valence-electron chi connectivity index (χ2n) is 8.85. The number of guanidine groups is 1. The number of unbranched alkanes of at least 4 members (excludes halogenated alkanes) is 1. The summed E-state index contributed by atoms with van der Waals surface area (Å²) in [5.74, 6) is 1.38. The summed E-state index contributed by atoms with van der Waals surface area (Å²) in [5, 5.41) is 9.61. The van der Waals surface area contributed by atoms with E-state index in [1.165, 1.54) is 0 Å². The lowest BCUT2D eigenvalue weighted by molar-refractivity contribution is 0.0203. The van der Waals surface area contributed by atoms with E-state index in [1.807, 2.05) is 20.8 Å². The van der Waals surface area contributed by atoms with Gasteiger partial charge in [0, 0.05) is 52.6 Å². The van der Waals surface area contributed by atoms with E-state index in [9.17, 15) is 4.79 Å². The van der Waals surface area contributed by atoms with Crippen LogP contribution in [0.1, 0.15) is 66.2 Å². The first-order valence-corrected chi connectivity index (χ1v) is 11.4. The Kier molecular flexibility index (Phi) is 13.5. The molecule has 30 heavy (non-hydrogen) atoms. The minimum atomic E-state index is -0.499. The smallest absolute Gasteiger partial charge is 0.407 e. The summed E-state index contributed by atoms with van der Waals surface area (Å²) in [5.41, 5.74) is -0.499. The predicted octanol–water partition coefficient (Wildman–Crippen LogP) is 3.07. The number of rotatable bonds is 12. The fourth-order valence-electron chi connectivity index (χ4n) is 3.13. The third-order valence-corrected chi connectivity index (χ3v) is 4.81. The zero-order valence-electron chi connectivity index (χ0n) is 19.7. The van der Waals surface area contributed by atoms with Gasteiger partial charge < -0.3 is 30.2 Å². The molecule has 0 aromatic rings. The zero-order chi connectivity index (χ0) is 22.2.